The molecule has 9 heteroatoms. The molecule has 1 aromatic heterocycles. The molecule has 0 unspecified atom stereocenters. The smallest absolute Gasteiger partial charge is 0.272 e. The van der Waals surface area contributed by atoms with Gasteiger partial charge in [0, 0.05) is 52.9 Å². The number of aliphatic hydroxyl groups excluding tert-OH is 1. The molecule has 0 atom stereocenters. The molecule has 4 aromatic rings. The lowest BCUT2D eigenvalue weighted by Gasteiger charge is -2.31. The molecule has 1 aliphatic rings. The Morgan fingerprint density at radius 1 is 0.738 bits per heavy atom. The van der Waals surface area contributed by atoms with Crippen LogP contribution in [0.2, 0.25) is 5.15 Å². The average molecular weight is 585 g/mol. The third kappa shape index (κ3) is 6.56. The lowest BCUT2D eigenvalue weighted by molar-refractivity contribution is 0.101. The Kier molecular flexibility index (Phi) is 8.75. The van der Waals surface area contributed by atoms with Gasteiger partial charge in [0.1, 0.15) is 10.8 Å². The number of nitrogens with zero attached hydrogens (tertiary/aromatic N) is 2. The van der Waals surface area contributed by atoms with Crippen molar-refractivity contribution in [1.29, 1.82) is 0 Å². The average Bonchev–Trinajstić information content (AvgIpc) is 3.40. The van der Waals surface area contributed by atoms with Gasteiger partial charge in [-0.1, -0.05) is 11.6 Å². The number of aliphatic hydroxyl groups is 1. The molecule has 1 aliphatic heterocycles. The van der Waals surface area contributed by atoms with Crippen LogP contribution in [0.1, 0.15) is 69.5 Å². The van der Waals surface area contributed by atoms with E-state index >= 15 is 0 Å². The Labute approximate surface area is 249 Å². The summed E-state index contributed by atoms with van der Waals surface area (Å²) in [6, 6.07) is 24.3. The van der Waals surface area contributed by atoms with Gasteiger partial charge in [-0.25, -0.2) is 0 Å². The molecule has 3 aromatic carbocycles. The first-order valence-corrected chi connectivity index (χ1v) is 14.3. The number of anilines is 3. The lowest BCUT2D eigenvalue weighted by atomic mass is 10.0. The number of benzene rings is 3. The topological polar surface area (TPSA) is 104 Å². The number of halogens is 1. The summed E-state index contributed by atoms with van der Waals surface area (Å²) >= 11 is 6.21. The van der Waals surface area contributed by atoms with Gasteiger partial charge >= 0.3 is 0 Å². The summed E-state index contributed by atoms with van der Waals surface area (Å²) < 4.78 is 1.75. The molecule has 216 valence electrons. The van der Waals surface area contributed by atoms with Gasteiger partial charge in [-0.3, -0.25) is 14.4 Å². The summed E-state index contributed by atoms with van der Waals surface area (Å²) in [6.45, 7) is 5.49. The fourth-order valence-corrected chi connectivity index (χ4v) is 5.41. The van der Waals surface area contributed by atoms with Crippen LogP contribution in [0.4, 0.5) is 17.1 Å². The van der Waals surface area contributed by atoms with E-state index in [9.17, 15) is 19.5 Å². The maximum absolute atomic E-state index is 13.0. The van der Waals surface area contributed by atoms with E-state index in [0.29, 0.717) is 38.9 Å². The van der Waals surface area contributed by atoms with E-state index in [2.05, 4.69) is 15.5 Å². The van der Waals surface area contributed by atoms with Crippen LogP contribution in [-0.4, -0.2) is 46.5 Å². The summed E-state index contributed by atoms with van der Waals surface area (Å²) in [5.74, 6) is -0.701. The van der Waals surface area contributed by atoms with Gasteiger partial charge in [-0.05, 0) is 112 Å². The third-order valence-corrected chi connectivity index (χ3v) is 7.69. The second-order valence-electron chi connectivity index (χ2n) is 10.7. The second-order valence-corrected chi connectivity index (χ2v) is 11.0. The van der Waals surface area contributed by atoms with Crippen molar-refractivity contribution in [1.82, 2.24) is 4.57 Å². The van der Waals surface area contributed by atoms with Crippen LogP contribution < -0.4 is 15.5 Å². The quantitative estimate of drug-likeness (QED) is 0.207. The van der Waals surface area contributed by atoms with Crippen molar-refractivity contribution in [2.75, 3.05) is 28.6 Å². The van der Waals surface area contributed by atoms with E-state index in [0.717, 1.165) is 31.6 Å². The Balaban J connectivity index is 1.17. The summed E-state index contributed by atoms with van der Waals surface area (Å²) in [5.41, 5.74) is 4.11. The number of aromatic nitrogens is 1. The molecule has 1 fully saturated rings. The fourth-order valence-electron chi connectivity index (χ4n) is 5.06. The van der Waals surface area contributed by atoms with E-state index in [1.54, 1.807) is 77.4 Å². The minimum absolute atomic E-state index is 0.0288. The van der Waals surface area contributed by atoms with Crippen molar-refractivity contribution >= 4 is 46.3 Å². The number of piperidine rings is 1. The number of hydrogen-bond acceptors (Lipinski definition) is 5. The Morgan fingerprint density at radius 2 is 1.24 bits per heavy atom. The highest BCUT2D eigenvalue weighted by molar-refractivity contribution is 6.30. The molecule has 8 nitrogen and oxygen atoms in total. The minimum atomic E-state index is -0.286. The van der Waals surface area contributed by atoms with Crippen molar-refractivity contribution in [3.8, 4) is 0 Å². The molecule has 3 N–H and O–H groups in total. The summed E-state index contributed by atoms with van der Waals surface area (Å²) in [7, 11) is 0. The van der Waals surface area contributed by atoms with E-state index in [-0.39, 0.29) is 29.7 Å². The predicted molar refractivity (Wildman–Crippen MR) is 166 cm³/mol. The van der Waals surface area contributed by atoms with Crippen LogP contribution in [0.25, 0.3) is 0 Å². The molecule has 0 spiro atoms. The van der Waals surface area contributed by atoms with E-state index in [1.807, 2.05) is 26.0 Å². The van der Waals surface area contributed by atoms with Gasteiger partial charge in [0.25, 0.3) is 11.8 Å². The molecule has 1 saturated heterocycles. The monoisotopic (exact) mass is 584 g/mol. The number of nitrogens with one attached hydrogen (secondary N) is 2. The highest BCUT2D eigenvalue weighted by atomic mass is 35.5. The maximum Gasteiger partial charge on any atom is 0.272 e. The second kappa shape index (κ2) is 12.6. The van der Waals surface area contributed by atoms with Crippen LogP contribution in [0, 0.1) is 0 Å². The van der Waals surface area contributed by atoms with Gasteiger partial charge < -0.3 is 25.2 Å². The van der Waals surface area contributed by atoms with Crippen molar-refractivity contribution in [2.24, 2.45) is 0 Å². The largest absolute Gasteiger partial charge is 0.393 e. The first-order valence-electron chi connectivity index (χ1n) is 14.0. The number of amides is 2. The third-order valence-electron chi connectivity index (χ3n) is 7.39. The highest BCUT2D eigenvalue weighted by Gasteiger charge is 2.19. The molecular formula is C33H33ClN4O4. The molecular weight excluding hydrogens is 552 g/mol. The zero-order chi connectivity index (χ0) is 29.8. The zero-order valence-electron chi connectivity index (χ0n) is 23.5. The summed E-state index contributed by atoms with van der Waals surface area (Å²) in [4.78, 5) is 40.8. The Morgan fingerprint density at radius 3 is 1.76 bits per heavy atom. The number of ketones is 1. The van der Waals surface area contributed by atoms with Gasteiger partial charge in [0.2, 0.25) is 0 Å². The van der Waals surface area contributed by atoms with Crippen molar-refractivity contribution in [3.63, 3.8) is 0 Å². The summed E-state index contributed by atoms with van der Waals surface area (Å²) in [6.07, 6.45) is 1.26. The molecule has 0 aliphatic carbocycles. The van der Waals surface area contributed by atoms with Crippen molar-refractivity contribution in [2.45, 2.75) is 38.8 Å². The van der Waals surface area contributed by atoms with Gasteiger partial charge in [-0.2, -0.15) is 0 Å². The van der Waals surface area contributed by atoms with Crippen LogP contribution in [0.5, 0.6) is 0 Å². The van der Waals surface area contributed by atoms with E-state index < -0.39 is 0 Å². The molecule has 0 saturated carbocycles. The SMILES string of the molecule is CC(C)n1c(Cl)ccc1C(=O)Nc1ccc(C(=O)c2ccc(NC(=O)c3ccc(N4CCC(O)CC4)cc3)cc2)cc1. The molecule has 0 bridgehead atoms. The van der Waals surface area contributed by atoms with E-state index in [4.69, 9.17) is 11.6 Å². The number of hydrogen-bond donors (Lipinski definition) is 3. The maximum atomic E-state index is 13.0. The summed E-state index contributed by atoms with van der Waals surface area (Å²) in [5, 5.41) is 15.9. The van der Waals surface area contributed by atoms with Crippen LogP contribution in [-0.2, 0) is 0 Å². The van der Waals surface area contributed by atoms with Gasteiger partial charge in [0.05, 0.1) is 6.10 Å². The van der Waals surface area contributed by atoms with Crippen molar-refractivity contribution in [3.05, 3.63) is 112 Å². The fraction of sp³-hybridized carbons (Fsp3) is 0.242. The normalized spacial score (nSPS) is 13.7. The number of carbonyl (C=O) groups is 3. The predicted octanol–water partition coefficient (Wildman–Crippen LogP) is 6.42. The van der Waals surface area contributed by atoms with Gasteiger partial charge in [0.15, 0.2) is 5.78 Å². The zero-order valence-corrected chi connectivity index (χ0v) is 24.3. The standard InChI is InChI=1S/C33H33ClN4O4/c1-21(2)38-29(15-16-30(38)34)33(42)36-26-11-5-23(6-12-26)31(40)22-3-9-25(10-4-22)35-32(41)24-7-13-27(14-8-24)37-19-17-28(39)18-20-37/h3-16,21,28,39H,17-20H2,1-2H3,(H,35,41)(H,36,42). The van der Waals surface area contributed by atoms with Gasteiger partial charge in [-0.15, -0.1) is 0 Å². The molecule has 0 radical (unpaired) electrons. The van der Waals surface area contributed by atoms with Crippen molar-refractivity contribution < 1.29 is 19.5 Å². The molecule has 5 rings (SSSR count). The molecule has 2 amide bonds. The number of rotatable bonds is 8. The van der Waals surface area contributed by atoms with Crippen LogP contribution in [0.15, 0.2) is 84.9 Å². The lowest BCUT2D eigenvalue weighted by Crippen LogP contribution is -2.35. The minimum Gasteiger partial charge on any atom is -0.393 e. The molecule has 42 heavy (non-hydrogen) atoms. The first kappa shape index (κ1) is 29.1. The van der Waals surface area contributed by atoms with Crippen LogP contribution in [0.3, 0.4) is 0 Å². The Bertz CT molecular complexity index is 1570. The number of carbonyl (C=O) groups excluding carboxylic acids is 3. The molecule has 2 heterocycles. The first-order chi connectivity index (χ1) is 20.2. The highest BCUT2D eigenvalue weighted by Crippen LogP contribution is 2.23. The van der Waals surface area contributed by atoms with Crippen LogP contribution >= 0.6 is 11.6 Å². The van der Waals surface area contributed by atoms with E-state index in [1.165, 1.54) is 0 Å². The Hall–Kier alpha value is -4.40.